The van der Waals surface area contributed by atoms with Crippen LogP contribution in [0.15, 0.2) is 42.5 Å². The summed E-state index contributed by atoms with van der Waals surface area (Å²) in [6.45, 7) is 2.09. The van der Waals surface area contributed by atoms with Crippen molar-refractivity contribution in [3.8, 4) is 0 Å². The Morgan fingerprint density at radius 1 is 1.10 bits per heavy atom. The van der Waals surface area contributed by atoms with Crippen molar-refractivity contribution in [1.82, 2.24) is 0 Å². The number of nitrogens with one attached hydrogen (secondary N) is 1. The fraction of sp³-hybridized carbons (Fsp3) is 0.294. The molecule has 0 atom stereocenters. The highest BCUT2D eigenvalue weighted by molar-refractivity contribution is 6.33. The van der Waals surface area contributed by atoms with Crippen LogP contribution in [0.4, 0.5) is 10.1 Å². The summed E-state index contributed by atoms with van der Waals surface area (Å²) >= 11 is 6.02. The van der Waals surface area contributed by atoms with E-state index in [1.165, 1.54) is 17.2 Å². The van der Waals surface area contributed by atoms with Crippen molar-refractivity contribution in [2.24, 2.45) is 0 Å². The van der Waals surface area contributed by atoms with E-state index in [-0.39, 0.29) is 5.82 Å². The lowest BCUT2D eigenvalue weighted by Gasteiger charge is -2.37. The third kappa shape index (κ3) is 2.66. The molecule has 3 rings (SSSR count). The summed E-state index contributed by atoms with van der Waals surface area (Å²) in [7, 11) is 0. The topological polar surface area (TPSA) is 12.0 Å². The summed E-state index contributed by atoms with van der Waals surface area (Å²) in [6, 6.07) is 13.7. The van der Waals surface area contributed by atoms with Gasteiger partial charge in [-0.3, -0.25) is 0 Å². The molecule has 1 saturated carbocycles. The van der Waals surface area contributed by atoms with Gasteiger partial charge in [0.2, 0.25) is 0 Å². The molecular formula is C17H17ClFN. The molecule has 0 aliphatic heterocycles. The van der Waals surface area contributed by atoms with E-state index in [0.29, 0.717) is 22.7 Å². The lowest BCUT2D eigenvalue weighted by atomic mass is 9.75. The Labute approximate surface area is 123 Å². The van der Waals surface area contributed by atoms with Gasteiger partial charge >= 0.3 is 0 Å². The molecule has 3 heteroatoms. The molecule has 2 aromatic rings. The summed E-state index contributed by atoms with van der Waals surface area (Å²) in [5, 5.41) is 3.67. The second-order valence-corrected chi connectivity index (χ2v) is 5.92. The summed E-state index contributed by atoms with van der Waals surface area (Å²) in [6.07, 6.45) is 2.04. The van der Waals surface area contributed by atoms with Gasteiger partial charge in [-0.15, -0.1) is 0 Å². The Kier molecular flexibility index (Phi) is 3.66. The Hall–Kier alpha value is -1.54. The van der Waals surface area contributed by atoms with Gasteiger partial charge in [0.1, 0.15) is 5.82 Å². The summed E-state index contributed by atoms with van der Waals surface area (Å²) in [5.41, 5.74) is 3.08. The van der Waals surface area contributed by atoms with E-state index in [1.54, 1.807) is 12.1 Å². The first kappa shape index (κ1) is 13.4. The molecule has 0 saturated heterocycles. The predicted molar refractivity (Wildman–Crippen MR) is 82.0 cm³/mol. The van der Waals surface area contributed by atoms with Gasteiger partial charge in [-0.05, 0) is 43.4 Å². The highest BCUT2D eigenvalue weighted by atomic mass is 35.5. The number of hydrogen-bond donors (Lipinski definition) is 1. The van der Waals surface area contributed by atoms with Crippen LogP contribution in [0.1, 0.15) is 29.9 Å². The fourth-order valence-corrected chi connectivity index (χ4v) is 2.90. The Bertz CT molecular complexity index is 583. The maximum Gasteiger partial charge on any atom is 0.147 e. The Morgan fingerprint density at radius 3 is 2.45 bits per heavy atom. The number of rotatable bonds is 3. The molecular weight excluding hydrogens is 273 g/mol. The van der Waals surface area contributed by atoms with Crippen molar-refractivity contribution in [2.75, 3.05) is 5.32 Å². The molecule has 20 heavy (non-hydrogen) atoms. The third-order valence-electron chi connectivity index (χ3n) is 4.00. The predicted octanol–water partition coefficient (Wildman–Crippen LogP) is 5.15. The zero-order valence-corrected chi connectivity index (χ0v) is 12.1. The van der Waals surface area contributed by atoms with Crippen molar-refractivity contribution >= 4 is 17.3 Å². The van der Waals surface area contributed by atoms with Crippen LogP contribution in [0.25, 0.3) is 0 Å². The lowest BCUT2D eigenvalue weighted by Crippen LogP contribution is -2.34. The molecule has 1 nitrogen and oxygen atoms in total. The molecule has 0 radical (unpaired) electrons. The molecule has 0 amide bonds. The van der Waals surface area contributed by atoms with Gasteiger partial charge in [-0.2, -0.15) is 0 Å². The molecule has 104 valence electrons. The molecule has 0 aromatic heterocycles. The quantitative estimate of drug-likeness (QED) is 0.824. The number of anilines is 1. The number of hydrogen-bond acceptors (Lipinski definition) is 1. The van der Waals surface area contributed by atoms with E-state index < -0.39 is 0 Å². The van der Waals surface area contributed by atoms with E-state index in [2.05, 4.69) is 36.5 Å². The SMILES string of the molecule is Cc1ccc(C2CC(Nc3c(F)cccc3Cl)C2)cc1. The minimum absolute atomic E-state index is 0.281. The standard InChI is InChI=1S/C17H17ClFN/c1-11-5-7-12(8-6-11)13-9-14(10-13)20-17-15(18)3-2-4-16(17)19/h2-8,13-14,20H,9-10H2,1H3. The molecule has 2 aromatic carbocycles. The van der Waals surface area contributed by atoms with Crippen molar-refractivity contribution < 1.29 is 4.39 Å². The van der Waals surface area contributed by atoms with Crippen LogP contribution in [-0.2, 0) is 0 Å². The van der Waals surface area contributed by atoms with Crippen LogP contribution in [-0.4, -0.2) is 6.04 Å². The third-order valence-corrected chi connectivity index (χ3v) is 4.31. The van der Waals surface area contributed by atoms with E-state index in [9.17, 15) is 4.39 Å². The van der Waals surface area contributed by atoms with Gasteiger partial charge in [-0.1, -0.05) is 47.5 Å². The maximum atomic E-state index is 13.7. The van der Waals surface area contributed by atoms with Gasteiger partial charge in [0.15, 0.2) is 0 Å². The minimum atomic E-state index is -0.281. The molecule has 0 spiro atoms. The first-order valence-corrected chi connectivity index (χ1v) is 7.28. The molecule has 1 fully saturated rings. The lowest BCUT2D eigenvalue weighted by molar-refractivity contribution is 0.373. The van der Waals surface area contributed by atoms with Gasteiger partial charge < -0.3 is 5.32 Å². The van der Waals surface area contributed by atoms with Crippen LogP contribution < -0.4 is 5.32 Å². The number of aryl methyl sites for hydroxylation is 1. The zero-order chi connectivity index (χ0) is 14.1. The highest BCUT2D eigenvalue weighted by Gasteiger charge is 2.30. The van der Waals surface area contributed by atoms with Crippen molar-refractivity contribution in [3.05, 3.63) is 64.4 Å². The number of para-hydroxylation sites is 1. The molecule has 1 N–H and O–H groups in total. The van der Waals surface area contributed by atoms with Crippen LogP contribution in [0.3, 0.4) is 0 Å². The normalized spacial score (nSPS) is 21.4. The first-order chi connectivity index (χ1) is 9.63. The van der Waals surface area contributed by atoms with Gasteiger partial charge in [0, 0.05) is 6.04 Å². The largest absolute Gasteiger partial charge is 0.379 e. The van der Waals surface area contributed by atoms with Crippen molar-refractivity contribution in [1.29, 1.82) is 0 Å². The average molecular weight is 290 g/mol. The molecule has 1 aliphatic rings. The van der Waals surface area contributed by atoms with E-state index in [1.807, 2.05) is 0 Å². The van der Waals surface area contributed by atoms with Crippen molar-refractivity contribution in [3.63, 3.8) is 0 Å². The minimum Gasteiger partial charge on any atom is -0.379 e. The van der Waals surface area contributed by atoms with Crippen LogP contribution in [0.2, 0.25) is 5.02 Å². The van der Waals surface area contributed by atoms with Crippen LogP contribution in [0.5, 0.6) is 0 Å². The second kappa shape index (κ2) is 5.45. The van der Waals surface area contributed by atoms with Gasteiger partial charge in [0.25, 0.3) is 0 Å². The van der Waals surface area contributed by atoms with Gasteiger partial charge in [-0.25, -0.2) is 4.39 Å². The second-order valence-electron chi connectivity index (χ2n) is 5.52. The summed E-state index contributed by atoms with van der Waals surface area (Å²) in [5.74, 6) is 0.287. The maximum absolute atomic E-state index is 13.7. The average Bonchev–Trinajstić information content (AvgIpc) is 2.38. The molecule has 0 heterocycles. The monoisotopic (exact) mass is 289 g/mol. The number of halogens is 2. The van der Waals surface area contributed by atoms with Gasteiger partial charge in [0.05, 0.1) is 10.7 Å². The zero-order valence-electron chi connectivity index (χ0n) is 11.4. The summed E-state index contributed by atoms with van der Waals surface area (Å²) < 4.78 is 13.7. The first-order valence-electron chi connectivity index (χ1n) is 6.90. The smallest absolute Gasteiger partial charge is 0.147 e. The van der Waals surface area contributed by atoms with Crippen LogP contribution in [0, 0.1) is 12.7 Å². The fourth-order valence-electron chi connectivity index (χ4n) is 2.69. The molecule has 0 unspecified atom stereocenters. The molecule has 1 aliphatic carbocycles. The van der Waals surface area contributed by atoms with E-state index in [4.69, 9.17) is 11.6 Å². The Balaban J connectivity index is 1.62. The number of benzene rings is 2. The Morgan fingerprint density at radius 2 is 1.80 bits per heavy atom. The molecule has 0 bridgehead atoms. The van der Waals surface area contributed by atoms with E-state index >= 15 is 0 Å². The van der Waals surface area contributed by atoms with Crippen molar-refractivity contribution in [2.45, 2.75) is 31.7 Å². The summed E-state index contributed by atoms with van der Waals surface area (Å²) in [4.78, 5) is 0. The highest BCUT2D eigenvalue weighted by Crippen LogP contribution is 2.39. The van der Waals surface area contributed by atoms with Crippen LogP contribution >= 0.6 is 11.6 Å². The van der Waals surface area contributed by atoms with E-state index in [0.717, 1.165) is 12.8 Å².